The van der Waals surface area contributed by atoms with Crippen molar-refractivity contribution >= 4 is 11.7 Å². The number of nitrogens with two attached hydrogens (primary N) is 1. The third-order valence-electron chi connectivity index (χ3n) is 3.66. The summed E-state index contributed by atoms with van der Waals surface area (Å²) in [4.78, 5) is 10.9. The number of hydrogen-bond donors (Lipinski definition) is 3. The van der Waals surface area contributed by atoms with Crippen molar-refractivity contribution in [1.29, 1.82) is 0 Å². The number of carboxylic acids is 1. The molecule has 4 N–H and O–H groups in total. The molecule has 0 radical (unpaired) electrons. The zero-order valence-electron chi connectivity index (χ0n) is 15.6. The van der Waals surface area contributed by atoms with Crippen LogP contribution in [0.2, 0.25) is 0 Å². The Morgan fingerprint density at radius 1 is 1.19 bits per heavy atom. The number of aromatic carboxylic acids is 1. The van der Waals surface area contributed by atoms with Crippen LogP contribution in [0.15, 0.2) is 42.5 Å². The number of rotatable bonds is 8. The molecule has 0 saturated carbocycles. The second kappa shape index (κ2) is 11.8. The predicted molar refractivity (Wildman–Crippen MR) is 101 cm³/mol. The van der Waals surface area contributed by atoms with Crippen LogP contribution < -0.4 is 20.5 Å². The molecule has 0 fully saturated rings. The Kier molecular flexibility index (Phi) is 9.64. The van der Waals surface area contributed by atoms with Gasteiger partial charge in [-0.3, -0.25) is 0 Å². The molecule has 0 aliphatic heterocycles. The molecule has 2 aromatic carbocycles. The maximum Gasteiger partial charge on any atom is 0.335 e. The van der Waals surface area contributed by atoms with Crippen molar-refractivity contribution in [2.24, 2.45) is 0 Å². The van der Waals surface area contributed by atoms with Gasteiger partial charge in [-0.25, -0.2) is 4.79 Å². The molecule has 0 aliphatic rings. The van der Waals surface area contributed by atoms with Gasteiger partial charge in [-0.15, -0.1) is 0 Å². The summed E-state index contributed by atoms with van der Waals surface area (Å²) in [7, 11) is 1.62. The summed E-state index contributed by atoms with van der Waals surface area (Å²) in [6.07, 6.45) is 0.763. The molecule has 0 aliphatic carbocycles. The van der Waals surface area contributed by atoms with E-state index in [1.807, 2.05) is 24.3 Å². The minimum Gasteiger partial charge on any atom is -0.872 e. The van der Waals surface area contributed by atoms with Gasteiger partial charge in [-0.1, -0.05) is 23.9 Å². The summed E-state index contributed by atoms with van der Waals surface area (Å²) in [5, 5.41) is 25.6. The molecule has 0 atom stereocenters. The van der Waals surface area contributed by atoms with Gasteiger partial charge >= 0.3 is 5.97 Å². The topological polar surface area (TPSA) is 98.2 Å². The van der Waals surface area contributed by atoms with Gasteiger partial charge < -0.3 is 25.6 Å². The van der Waals surface area contributed by atoms with E-state index >= 15 is 0 Å². The Morgan fingerprint density at radius 3 is 2.50 bits per heavy atom. The summed E-state index contributed by atoms with van der Waals surface area (Å²) >= 11 is 0. The number of quaternary nitrogens is 1. The Bertz CT molecular complexity index is 687. The van der Waals surface area contributed by atoms with E-state index in [1.54, 1.807) is 13.2 Å². The van der Waals surface area contributed by atoms with Crippen LogP contribution in [0.3, 0.4) is 0 Å². The maximum atomic E-state index is 11.4. The normalized spacial score (nSPS) is 9.81. The van der Waals surface area contributed by atoms with Gasteiger partial charge in [0.2, 0.25) is 0 Å². The number of carboxylic acid groups (broad SMARTS) is 1. The number of methoxy groups -OCH3 is 1. The number of nitrogens with one attached hydrogen (secondary N) is 1. The molecule has 2 rings (SSSR count). The van der Waals surface area contributed by atoms with Gasteiger partial charge in [0.1, 0.15) is 5.75 Å². The van der Waals surface area contributed by atoms with Gasteiger partial charge in [0, 0.05) is 12.2 Å². The highest BCUT2D eigenvalue weighted by atomic mass is 16.5. The quantitative estimate of drug-likeness (QED) is 0.666. The largest absolute Gasteiger partial charge is 0.872 e. The summed E-state index contributed by atoms with van der Waals surface area (Å²) in [5.41, 5.74) is 1.51. The van der Waals surface area contributed by atoms with Crippen LogP contribution in [0.25, 0.3) is 0 Å². The molecule has 0 bridgehead atoms. The zero-order valence-corrected chi connectivity index (χ0v) is 15.6. The second-order valence-corrected chi connectivity index (χ2v) is 5.65. The predicted octanol–water partition coefficient (Wildman–Crippen LogP) is 1.71. The van der Waals surface area contributed by atoms with E-state index in [1.165, 1.54) is 25.2 Å². The van der Waals surface area contributed by atoms with E-state index in [0.717, 1.165) is 17.7 Å². The first-order valence-corrected chi connectivity index (χ1v) is 8.74. The number of ether oxygens (including phenoxy) is 1. The molecule has 0 heterocycles. The van der Waals surface area contributed by atoms with E-state index in [2.05, 4.69) is 24.5 Å². The van der Waals surface area contributed by atoms with Crippen molar-refractivity contribution in [3.05, 3.63) is 53.6 Å². The minimum atomic E-state index is -1.21. The smallest absolute Gasteiger partial charge is 0.335 e. The van der Waals surface area contributed by atoms with Gasteiger partial charge in [0.25, 0.3) is 0 Å². The SMILES string of the molecule is CC[NH2+]CC.COc1cccc(CCNc2ccc([O-])c(C(=O)O)c2)c1. The maximum absolute atomic E-state index is 11.4. The summed E-state index contributed by atoms with van der Waals surface area (Å²) < 4.78 is 5.15. The minimum absolute atomic E-state index is 0.221. The van der Waals surface area contributed by atoms with Crippen molar-refractivity contribution < 1.29 is 25.1 Å². The van der Waals surface area contributed by atoms with Crippen LogP contribution >= 0.6 is 0 Å². The van der Waals surface area contributed by atoms with Gasteiger partial charge in [0.15, 0.2) is 0 Å². The molecule has 26 heavy (non-hydrogen) atoms. The standard InChI is InChI=1S/C16H17NO4.C4H11N/c1-21-13-4-2-3-11(9-13)7-8-17-12-5-6-15(18)14(10-12)16(19)20;1-3-5-4-2/h2-6,9-10,17-18H,7-8H2,1H3,(H,19,20);5H,3-4H2,1-2H3. The van der Waals surface area contributed by atoms with Crippen LogP contribution in [0.1, 0.15) is 29.8 Å². The molecule has 0 saturated heterocycles. The highest BCUT2D eigenvalue weighted by Crippen LogP contribution is 2.19. The lowest BCUT2D eigenvalue weighted by atomic mass is 10.1. The molecular weight excluding hydrogens is 332 g/mol. The molecule has 142 valence electrons. The highest BCUT2D eigenvalue weighted by Gasteiger charge is 2.05. The molecule has 0 amide bonds. The van der Waals surface area contributed by atoms with Crippen LogP contribution in [0, 0.1) is 0 Å². The van der Waals surface area contributed by atoms with Gasteiger partial charge in [-0.05, 0) is 50.1 Å². The van der Waals surface area contributed by atoms with E-state index in [0.29, 0.717) is 12.2 Å². The number of carbonyl (C=O) groups is 1. The van der Waals surface area contributed by atoms with E-state index < -0.39 is 11.7 Å². The van der Waals surface area contributed by atoms with Crippen LogP contribution in [0.4, 0.5) is 5.69 Å². The lowest BCUT2D eigenvalue weighted by Gasteiger charge is -2.13. The number of hydrogen-bond acceptors (Lipinski definition) is 4. The molecule has 6 heteroatoms. The number of benzene rings is 2. The first kappa shape index (κ1) is 21.3. The third-order valence-corrected chi connectivity index (χ3v) is 3.66. The number of anilines is 1. The summed E-state index contributed by atoms with van der Waals surface area (Å²) in [6, 6.07) is 11.9. The average molecular weight is 360 g/mol. The Morgan fingerprint density at radius 2 is 1.92 bits per heavy atom. The summed E-state index contributed by atoms with van der Waals surface area (Å²) in [5.74, 6) is -0.895. The monoisotopic (exact) mass is 360 g/mol. The van der Waals surface area contributed by atoms with E-state index in [4.69, 9.17) is 9.84 Å². The molecule has 2 aromatic rings. The van der Waals surface area contributed by atoms with Gasteiger partial charge in [0.05, 0.1) is 25.8 Å². The summed E-state index contributed by atoms with van der Waals surface area (Å²) in [6.45, 7) is 7.38. The molecule has 0 spiro atoms. The Labute approximate surface area is 154 Å². The second-order valence-electron chi connectivity index (χ2n) is 5.65. The first-order valence-electron chi connectivity index (χ1n) is 8.74. The lowest BCUT2D eigenvalue weighted by molar-refractivity contribution is -0.648. The fourth-order valence-corrected chi connectivity index (χ4v) is 2.27. The lowest BCUT2D eigenvalue weighted by Crippen LogP contribution is -2.82. The zero-order chi connectivity index (χ0) is 19.4. The Balaban J connectivity index is 0.000000597. The molecule has 0 unspecified atom stereocenters. The van der Waals surface area contributed by atoms with Crippen LogP contribution in [-0.4, -0.2) is 37.8 Å². The molecule has 0 aromatic heterocycles. The van der Waals surface area contributed by atoms with Crippen molar-refractivity contribution in [3.63, 3.8) is 0 Å². The van der Waals surface area contributed by atoms with Crippen molar-refractivity contribution in [2.45, 2.75) is 20.3 Å². The first-order chi connectivity index (χ1) is 12.5. The van der Waals surface area contributed by atoms with E-state index in [9.17, 15) is 9.90 Å². The fourth-order valence-electron chi connectivity index (χ4n) is 2.27. The van der Waals surface area contributed by atoms with Crippen LogP contribution in [-0.2, 0) is 6.42 Å². The van der Waals surface area contributed by atoms with E-state index in [-0.39, 0.29) is 5.56 Å². The third kappa shape index (κ3) is 7.44. The van der Waals surface area contributed by atoms with Crippen molar-refractivity contribution in [3.8, 4) is 11.5 Å². The molecular formula is C20H28N2O4. The molecule has 6 nitrogen and oxygen atoms in total. The fraction of sp³-hybridized carbons (Fsp3) is 0.350. The van der Waals surface area contributed by atoms with Crippen molar-refractivity contribution in [2.75, 3.05) is 32.1 Å². The Hall–Kier alpha value is -2.73. The van der Waals surface area contributed by atoms with Gasteiger partial charge in [-0.2, -0.15) is 0 Å². The average Bonchev–Trinajstić information content (AvgIpc) is 2.64. The highest BCUT2D eigenvalue weighted by molar-refractivity contribution is 5.91. The van der Waals surface area contributed by atoms with Crippen molar-refractivity contribution in [1.82, 2.24) is 0 Å². The van der Waals surface area contributed by atoms with Crippen LogP contribution in [0.5, 0.6) is 11.5 Å².